The highest BCUT2D eigenvalue weighted by Crippen LogP contribution is 2.28. The van der Waals surface area contributed by atoms with Crippen molar-refractivity contribution in [3.8, 4) is 5.75 Å². The fourth-order valence-electron chi connectivity index (χ4n) is 1.88. The second-order valence-electron chi connectivity index (χ2n) is 4.00. The lowest BCUT2D eigenvalue weighted by Crippen LogP contribution is -2.29. The van der Waals surface area contributed by atoms with Crippen LogP contribution in [0.1, 0.15) is 17.2 Å². The number of hydrazine groups is 1. The monoisotopic (exact) mass is 278 g/mol. The average molecular weight is 279 g/mol. The minimum Gasteiger partial charge on any atom is -0.497 e. The van der Waals surface area contributed by atoms with Crippen molar-refractivity contribution in [2.75, 3.05) is 12.8 Å². The summed E-state index contributed by atoms with van der Waals surface area (Å²) >= 11 is 5.95. The Morgan fingerprint density at radius 1 is 1.37 bits per heavy atom. The molecule has 0 aliphatic carbocycles. The topological polar surface area (TPSA) is 86.2 Å². The number of anilines is 1. The molecule has 0 radical (unpaired) electrons. The van der Waals surface area contributed by atoms with Crippen molar-refractivity contribution >= 4 is 17.4 Å². The van der Waals surface area contributed by atoms with Crippen LogP contribution in [0.25, 0.3) is 0 Å². The van der Waals surface area contributed by atoms with E-state index >= 15 is 0 Å². The Bertz CT molecular complexity index is 576. The number of nitrogens with zero attached hydrogens (tertiary/aromatic N) is 1. The molecule has 0 fully saturated rings. The highest BCUT2D eigenvalue weighted by Gasteiger charge is 2.17. The molecule has 0 amide bonds. The fraction of sp³-hybridized carbons (Fsp3) is 0.154. The number of ether oxygens (including phenoxy) is 1. The molecule has 5 N–H and O–H groups in total. The molecular formula is C13H15ClN4O. The Morgan fingerprint density at radius 3 is 2.84 bits per heavy atom. The molecule has 1 aromatic carbocycles. The molecule has 5 nitrogen and oxygen atoms in total. The quantitative estimate of drug-likeness (QED) is 0.587. The van der Waals surface area contributed by atoms with E-state index in [0.29, 0.717) is 10.8 Å². The van der Waals surface area contributed by atoms with E-state index in [1.807, 2.05) is 24.3 Å². The summed E-state index contributed by atoms with van der Waals surface area (Å²) in [6, 6.07) is 8.98. The number of hydrogen-bond donors (Lipinski definition) is 3. The zero-order valence-corrected chi connectivity index (χ0v) is 11.2. The van der Waals surface area contributed by atoms with Crippen LogP contribution in [0.15, 0.2) is 36.5 Å². The molecule has 1 unspecified atom stereocenters. The zero-order valence-electron chi connectivity index (χ0n) is 10.4. The van der Waals surface area contributed by atoms with Crippen molar-refractivity contribution in [1.29, 1.82) is 0 Å². The van der Waals surface area contributed by atoms with Gasteiger partial charge >= 0.3 is 0 Å². The van der Waals surface area contributed by atoms with E-state index in [1.165, 1.54) is 6.20 Å². The lowest BCUT2D eigenvalue weighted by atomic mass is 9.99. The van der Waals surface area contributed by atoms with E-state index < -0.39 is 0 Å². The minimum absolute atomic E-state index is 0.304. The summed E-state index contributed by atoms with van der Waals surface area (Å²) < 4.78 is 5.20. The third-order valence-electron chi connectivity index (χ3n) is 2.82. The van der Waals surface area contributed by atoms with E-state index in [2.05, 4.69) is 10.4 Å². The number of halogens is 1. The zero-order chi connectivity index (χ0) is 13.8. The van der Waals surface area contributed by atoms with Crippen molar-refractivity contribution in [2.45, 2.75) is 6.04 Å². The maximum absolute atomic E-state index is 5.95. The number of hydrogen-bond acceptors (Lipinski definition) is 5. The second-order valence-corrected chi connectivity index (χ2v) is 4.44. The average Bonchev–Trinajstić information content (AvgIpc) is 2.44. The third kappa shape index (κ3) is 2.96. The van der Waals surface area contributed by atoms with E-state index in [0.717, 1.165) is 16.9 Å². The maximum Gasteiger partial charge on any atom is 0.128 e. The first kappa shape index (κ1) is 13.6. The van der Waals surface area contributed by atoms with Gasteiger partial charge in [0.2, 0.25) is 0 Å². The first-order valence-corrected chi connectivity index (χ1v) is 6.04. The molecule has 0 aliphatic rings. The molecule has 6 heteroatoms. The molecule has 0 bridgehead atoms. The van der Waals surface area contributed by atoms with Crippen molar-refractivity contribution in [3.63, 3.8) is 0 Å². The van der Waals surface area contributed by atoms with Gasteiger partial charge in [0, 0.05) is 11.8 Å². The molecule has 1 atom stereocenters. The Hall–Kier alpha value is -1.82. The van der Waals surface area contributed by atoms with Crippen LogP contribution in [0, 0.1) is 0 Å². The van der Waals surface area contributed by atoms with Gasteiger partial charge in [0.15, 0.2) is 0 Å². The van der Waals surface area contributed by atoms with Gasteiger partial charge < -0.3 is 10.5 Å². The highest BCUT2D eigenvalue weighted by molar-refractivity contribution is 6.30. The van der Waals surface area contributed by atoms with Gasteiger partial charge in [0.05, 0.1) is 18.2 Å². The summed E-state index contributed by atoms with van der Waals surface area (Å²) in [5, 5.41) is 0.507. The summed E-state index contributed by atoms with van der Waals surface area (Å²) in [5.41, 5.74) is 10.2. The van der Waals surface area contributed by atoms with E-state index in [4.69, 9.17) is 27.9 Å². The van der Waals surface area contributed by atoms with Gasteiger partial charge in [0.1, 0.15) is 11.6 Å². The lowest BCUT2D eigenvalue weighted by molar-refractivity contribution is 0.413. The largest absolute Gasteiger partial charge is 0.497 e. The maximum atomic E-state index is 5.95. The Morgan fingerprint density at radius 2 is 2.16 bits per heavy atom. The number of nitrogens with one attached hydrogen (secondary N) is 1. The first-order valence-electron chi connectivity index (χ1n) is 5.66. The summed E-state index contributed by atoms with van der Waals surface area (Å²) in [4.78, 5) is 4.03. The predicted molar refractivity (Wildman–Crippen MR) is 75.8 cm³/mol. The normalized spacial score (nSPS) is 12.2. The van der Waals surface area contributed by atoms with Crippen LogP contribution in [0.2, 0.25) is 5.02 Å². The number of rotatable bonds is 4. The summed E-state index contributed by atoms with van der Waals surface area (Å²) in [6.45, 7) is 0. The molecule has 0 aliphatic heterocycles. The van der Waals surface area contributed by atoms with Crippen LogP contribution in [0.4, 0.5) is 5.82 Å². The molecule has 100 valence electrons. The van der Waals surface area contributed by atoms with Gasteiger partial charge in [-0.05, 0) is 23.8 Å². The van der Waals surface area contributed by atoms with Crippen molar-refractivity contribution in [3.05, 3.63) is 52.7 Å². The highest BCUT2D eigenvalue weighted by atomic mass is 35.5. The minimum atomic E-state index is -0.304. The van der Waals surface area contributed by atoms with Gasteiger partial charge in [-0.3, -0.25) is 5.84 Å². The molecule has 0 saturated heterocycles. The van der Waals surface area contributed by atoms with Crippen LogP contribution in [0.3, 0.4) is 0 Å². The number of methoxy groups -OCH3 is 1. The number of aromatic nitrogens is 1. The molecule has 1 aromatic heterocycles. The Labute approximate surface area is 116 Å². The van der Waals surface area contributed by atoms with Crippen LogP contribution in [-0.4, -0.2) is 12.1 Å². The number of nitrogens with two attached hydrogens (primary N) is 2. The van der Waals surface area contributed by atoms with Crippen molar-refractivity contribution in [1.82, 2.24) is 10.4 Å². The van der Waals surface area contributed by atoms with Gasteiger partial charge in [0.25, 0.3) is 0 Å². The predicted octanol–water partition coefficient (Wildman–Crippen LogP) is 1.88. The van der Waals surface area contributed by atoms with Gasteiger partial charge in [-0.15, -0.1) is 0 Å². The van der Waals surface area contributed by atoms with Gasteiger partial charge in [-0.2, -0.15) is 0 Å². The van der Waals surface area contributed by atoms with E-state index in [-0.39, 0.29) is 6.04 Å². The van der Waals surface area contributed by atoms with E-state index in [1.54, 1.807) is 13.2 Å². The van der Waals surface area contributed by atoms with Crippen LogP contribution >= 0.6 is 11.6 Å². The molecule has 0 spiro atoms. The Balaban J connectivity index is 2.46. The first-order chi connectivity index (χ1) is 9.15. The van der Waals surface area contributed by atoms with Crippen molar-refractivity contribution in [2.24, 2.45) is 5.84 Å². The third-order valence-corrected chi connectivity index (χ3v) is 3.03. The van der Waals surface area contributed by atoms with E-state index in [9.17, 15) is 0 Å². The molecular weight excluding hydrogens is 264 g/mol. The molecule has 1 heterocycles. The molecule has 2 rings (SSSR count). The summed E-state index contributed by atoms with van der Waals surface area (Å²) in [6.07, 6.45) is 1.50. The van der Waals surface area contributed by atoms with Gasteiger partial charge in [-0.25, -0.2) is 10.4 Å². The second kappa shape index (κ2) is 5.88. The lowest BCUT2D eigenvalue weighted by Gasteiger charge is -2.19. The smallest absolute Gasteiger partial charge is 0.128 e. The van der Waals surface area contributed by atoms with Crippen LogP contribution < -0.4 is 21.7 Å². The summed E-state index contributed by atoms with van der Waals surface area (Å²) in [5.74, 6) is 6.76. The number of nitrogen functional groups attached to an aromatic ring is 1. The molecule has 19 heavy (non-hydrogen) atoms. The van der Waals surface area contributed by atoms with Crippen LogP contribution in [0.5, 0.6) is 5.75 Å². The number of benzene rings is 1. The standard InChI is InChI=1S/C13H15ClN4O/c1-19-10-4-2-3-8(5-10)12(18-16)11-6-9(14)7-17-13(11)15/h2-7,12,18H,16H2,1H3,(H2,15,17). The summed E-state index contributed by atoms with van der Waals surface area (Å²) in [7, 11) is 1.61. The fourth-order valence-corrected chi connectivity index (χ4v) is 2.05. The SMILES string of the molecule is COc1cccc(C(NN)c2cc(Cl)cnc2N)c1. The number of pyridine rings is 1. The molecule has 2 aromatic rings. The Kier molecular flexibility index (Phi) is 4.21. The van der Waals surface area contributed by atoms with Crippen LogP contribution in [-0.2, 0) is 0 Å². The van der Waals surface area contributed by atoms with Gasteiger partial charge in [-0.1, -0.05) is 23.7 Å². The van der Waals surface area contributed by atoms with Crippen molar-refractivity contribution < 1.29 is 4.74 Å². The molecule has 0 saturated carbocycles.